The SMILES string of the molecule is O=C(NC1CCN(c2cccc(OC(F)(F)F)c2)C1)C1CC(O)CN1. The second-order valence-corrected chi connectivity index (χ2v) is 6.34. The van der Waals surface area contributed by atoms with Crippen molar-refractivity contribution >= 4 is 11.6 Å². The van der Waals surface area contributed by atoms with Gasteiger partial charge in [0.25, 0.3) is 0 Å². The Balaban J connectivity index is 1.56. The van der Waals surface area contributed by atoms with Gasteiger partial charge in [-0.15, -0.1) is 13.2 Å². The lowest BCUT2D eigenvalue weighted by molar-refractivity contribution is -0.274. The third-order valence-electron chi connectivity index (χ3n) is 4.38. The summed E-state index contributed by atoms with van der Waals surface area (Å²) in [4.78, 5) is 14.1. The van der Waals surface area contributed by atoms with Crippen LogP contribution in [0, 0.1) is 0 Å². The minimum absolute atomic E-state index is 0.0840. The van der Waals surface area contributed by atoms with Crippen LogP contribution in [0.3, 0.4) is 0 Å². The van der Waals surface area contributed by atoms with Crippen molar-refractivity contribution in [2.75, 3.05) is 24.5 Å². The number of rotatable bonds is 4. The number of alkyl halides is 3. The molecule has 0 aliphatic carbocycles. The van der Waals surface area contributed by atoms with Crippen molar-refractivity contribution in [3.63, 3.8) is 0 Å². The monoisotopic (exact) mass is 359 g/mol. The highest BCUT2D eigenvalue weighted by Gasteiger charge is 2.33. The van der Waals surface area contributed by atoms with Crippen molar-refractivity contribution < 1.29 is 27.8 Å². The van der Waals surface area contributed by atoms with E-state index < -0.39 is 18.5 Å². The molecule has 2 fully saturated rings. The standard InChI is InChI=1S/C16H20F3N3O3/c17-16(18,19)25-13-3-1-2-11(6-13)22-5-4-10(9-22)21-15(24)14-7-12(23)8-20-14/h1-3,6,10,12,14,20,23H,4-5,7-9H2,(H,21,24). The van der Waals surface area contributed by atoms with Gasteiger partial charge < -0.3 is 25.4 Å². The van der Waals surface area contributed by atoms with Crippen LogP contribution < -0.4 is 20.3 Å². The lowest BCUT2D eigenvalue weighted by Gasteiger charge is -2.21. The van der Waals surface area contributed by atoms with Crippen molar-refractivity contribution in [3.8, 4) is 5.75 Å². The molecule has 2 aliphatic heterocycles. The highest BCUT2D eigenvalue weighted by molar-refractivity contribution is 5.82. The number of carbonyl (C=O) groups is 1. The summed E-state index contributed by atoms with van der Waals surface area (Å²) < 4.78 is 40.9. The van der Waals surface area contributed by atoms with E-state index >= 15 is 0 Å². The van der Waals surface area contributed by atoms with Crippen LogP contribution in [0.4, 0.5) is 18.9 Å². The van der Waals surface area contributed by atoms with Crippen molar-refractivity contribution in [3.05, 3.63) is 24.3 Å². The Morgan fingerprint density at radius 1 is 1.40 bits per heavy atom. The molecule has 6 nitrogen and oxygen atoms in total. The molecular formula is C16H20F3N3O3. The van der Waals surface area contributed by atoms with E-state index in [0.717, 1.165) is 0 Å². The Morgan fingerprint density at radius 3 is 2.88 bits per heavy atom. The molecule has 3 atom stereocenters. The molecule has 1 aromatic rings. The first-order valence-corrected chi connectivity index (χ1v) is 8.13. The first-order chi connectivity index (χ1) is 11.8. The fourth-order valence-corrected chi connectivity index (χ4v) is 3.21. The summed E-state index contributed by atoms with van der Waals surface area (Å²) in [6, 6.07) is 5.33. The van der Waals surface area contributed by atoms with Gasteiger partial charge >= 0.3 is 6.36 Å². The van der Waals surface area contributed by atoms with Crippen LogP contribution >= 0.6 is 0 Å². The van der Waals surface area contributed by atoms with Crippen molar-refractivity contribution in [2.45, 2.75) is 37.4 Å². The summed E-state index contributed by atoms with van der Waals surface area (Å²) in [5.74, 6) is -0.417. The maximum absolute atomic E-state index is 12.3. The fourth-order valence-electron chi connectivity index (χ4n) is 3.21. The normalized spacial score (nSPS) is 26.7. The second kappa shape index (κ2) is 7.09. The number of halogens is 3. The summed E-state index contributed by atoms with van der Waals surface area (Å²) >= 11 is 0. The largest absolute Gasteiger partial charge is 0.573 e. The van der Waals surface area contributed by atoms with Crippen LogP contribution in [-0.2, 0) is 4.79 Å². The molecule has 25 heavy (non-hydrogen) atoms. The molecule has 0 spiro atoms. The topological polar surface area (TPSA) is 73.8 Å². The number of ether oxygens (including phenoxy) is 1. The summed E-state index contributed by atoms with van der Waals surface area (Å²) in [7, 11) is 0. The quantitative estimate of drug-likeness (QED) is 0.748. The maximum atomic E-state index is 12.3. The number of nitrogens with one attached hydrogen (secondary N) is 2. The van der Waals surface area contributed by atoms with E-state index in [4.69, 9.17) is 0 Å². The Morgan fingerprint density at radius 2 is 2.20 bits per heavy atom. The van der Waals surface area contributed by atoms with E-state index in [0.29, 0.717) is 38.2 Å². The highest BCUT2D eigenvalue weighted by Crippen LogP contribution is 2.28. The summed E-state index contributed by atoms with van der Waals surface area (Å²) in [5, 5.41) is 15.3. The number of benzene rings is 1. The van der Waals surface area contributed by atoms with Gasteiger partial charge in [0.2, 0.25) is 5.91 Å². The van der Waals surface area contributed by atoms with E-state index in [1.807, 2.05) is 4.90 Å². The van der Waals surface area contributed by atoms with Crippen LogP contribution in [0.15, 0.2) is 24.3 Å². The highest BCUT2D eigenvalue weighted by atomic mass is 19.4. The molecule has 0 saturated carbocycles. The Labute approximate surface area is 142 Å². The predicted octanol–water partition coefficient (Wildman–Crippen LogP) is 1.00. The minimum Gasteiger partial charge on any atom is -0.406 e. The summed E-state index contributed by atoms with van der Waals surface area (Å²) in [5.41, 5.74) is 0.618. The van der Waals surface area contributed by atoms with E-state index in [1.165, 1.54) is 18.2 Å². The summed E-state index contributed by atoms with van der Waals surface area (Å²) in [6.07, 6.45) is -4.14. The molecule has 0 radical (unpaired) electrons. The molecule has 138 valence electrons. The van der Waals surface area contributed by atoms with Crippen LogP contribution in [0.25, 0.3) is 0 Å². The van der Waals surface area contributed by atoms with Crippen molar-refractivity contribution in [2.24, 2.45) is 0 Å². The fraction of sp³-hybridized carbons (Fsp3) is 0.562. The van der Waals surface area contributed by atoms with Crippen molar-refractivity contribution in [1.82, 2.24) is 10.6 Å². The van der Waals surface area contributed by atoms with Gasteiger partial charge in [-0.1, -0.05) is 6.07 Å². The third kappa shape index (κ3) is 4.76. The smallest absolute Gasteiger partial charge is 0.406 e. The second-order valence-electron chi connectivity index (χ2n) is 6.34. The zero-order chi connectivity index (χ0) is 18.0. The lowest BCUT2D eigenvalue weighted by Crippen LogP contribution is -2.46. The Kier molecular flexibility index (Phi) is 5.05. The van der Waals surface area contributed by atoms with Crippen LogP contribution in [0.1, 0.15) is 12.8 Å². The molecule has 1 aromatic carbocycles. The number of carbonyl (C=O) groups excluding carboxylic acids is 1. The zero-order valence-electron chi connectivity index (χ0n) is 13.4. The van der Waals surface area contributed by atoms with E-state index in [1.54, 1.807) is 6.07 Å². The average molecular weight is 359 g/mol. The molecule has 0 aromatic heterocycles. The van der Waals surface area contributed by atoms with Gasteiger partial charge in [0.1, 0.15) is 5.75 Å². The van der Waals surface area contributed by atoms with Gasteiger partial charge in [-0.25, -0.2) is 0 Å². The van der Waals surface area contributed by atoms with Gasteiger partial charge in [-0.05, 0) is 25.0 Å². The van der Waals surface area contributed by atoms with E-state index in [9.17, 15) is 23.1 Å². The number of hydrogen-bond donors (Lipinski definition) is 3. The minimum atomic E-state index is -4.72. The first-order valence-electron chi connectivity index (χ1n) is 8.13. The van der Waals surface area contributed by atoms with E-state index in [-0.39, 0.29) is 17.7 Å². The molecule has 3 rings (SSSR count). The number of amides is 1. The Hall–Kier alpha value is -2.00. The number of nitrogens with zero attached hydrogens (tertiary/aromatic N) is 1. The molecule has 0 bridgehead atoms. The van der Waals surface area contributed by atoms with Crippen molar-refractivity contribution in [1.29, 1.82) is 0 Å². The Bertz CT molecular complexity index is 626. The number of β-amino-alcohol motifs (C(OH)–C–C–N with tert-alkyl or cyclic N) is 1. The van der Waals surface area contributed by atoms with Crippen LogP contribution in [0.2, 0.25) is 0 Å². The number of anilines is 1. The zero-order valence-corrected chi connectivity index (χ0v) is 13.4. The van der Waals surface area contributed by atoms with Gasteiger partial charge in [0.05, 0.1) is 12.1 Å². The lowest BCUT2D eigenvalue weighted by atomic mass is 10.1. The predicted molar refractivity (Wildman–Crippen MR) is 84.3 cm³/mol. The molecule has 9 heteroatoms. The van der Waals surface area contributed by atoms with Crippen LogP contribution in [-0.4, -0.2) is 55.2 Å². The number of aliphatic hydroxyl groups excluding tert-OH is 1. The van der Waals surface area contributed by atoms with E-state index in [2.05, 4.69) is 15.4 Å². The molecule has 1 amide bonds. The number of aliphatic hydroxyl groups is 1. The molecule has 2 heterocycles. The van der Waals surface area contributed by atoms with Gasteiger partial charge in [-0.2, -0.15) is 0 Å². The third-order valence-corrected chi connectivity index (χ3v) is 4.38. The average Bonchev–Trinajstić information content (AvgIpc) is 3.15. The molecule has 3 unspecified atom stereocenters. The first kappa shape index (κ1) is 17.8. The maximum Gasteiger partial charge on any atom is 0.573 e. The van der Waals surface area contributed by atoms with Gasteiger partial charge in [0.15, 0.2) is 0 Å². The molecular weight excluding hydrogens is 339 g/mol. The van der Waals surface area contributed by atoms with Crippen LogP contribution in [0.5, 0.6) is 5.75 Å². The van der Waals surface area contributed by atoms with Gasteiger partial charge in [-0.3, -0.25) is 4.79 Å². The number of hydrogen-bond acceptors (Lipinski definition) is 5. The van der Waals surface area contributed by atoms with Gasteiger partial charge in [0, 0.05) is 37.4 Å². The molecule has 2 aliphatic rings. The molecule has 3 N–H and O–H groups in total. The summed E-state index contributed by atoms with van der Waals surface area (Å²) in [6.45, 7) is 1.54. The molecule has 2 saturated heterocycles.